The summed E-state index contributed by atoms with van der Waals surface area (Å²) in [6.07, 6.45) is -4.23. The highest BCUT2D eigenvalue weighted by atomic mass is 19.4. The number of hydrogen-bond donors (Lipinski definition) is 1. The van der Waals surface area contributed by atoms with Gasteiger partial charge in [-0.15, -0.1) is 0 Å². The second-order valence-electron chi connectivity index (χ2n) is 3.79. The van der Waals surface area contributed by atoms with Crippen molar-refractivity contribution < 1.29 is 18.0 Å². The Bertz CT molecular complexity index is 414. The molecular formula is C11H10F3NO. The fourth-order valence-corrected chi connectivity index (χ4v) is 1.94. The van der Waals surface area contributed by atoms with Crippen molar-refractivity contribution in [3.8, 4) is 0 Å². The number of carbonyl (C=O) groups is 1. The lowest BCUT2D eigenvalue weighted by molar-refractivity contribution is -0.138. The molecule has 0 unspecified atom stereocenters. The zero-order valence-corrected chi connectivity index (χ0v) is 8.34. The largest absolute Gasteiger partial charge is 0.416 e. The van der Waals surface area contributed by atoms with E-state index in [1.165, 1.54) is 12.1 Å². The SMILES string of the molecule is O=C1C[C@H](c2ccccc2C(F)(F)F)CN1. The van der Waals surface area contributed by atoms with E-state index in [-0.39, 0.29) is 30.4 Å². The summed E-state index contributed by atoms with van der Waals surface area (Å²) >= 11 is 0. The van der Waals surface area contributed by atoms with Crippen LogP contribution in [0.3, 0.4) is 0 Å². The third kappa shape index (κ3) is 2.03. The van der Waals surface area contributed by atoms with Crippen LogP contribution < -0.4 is 5.32 Å². The van der Waals surface area contributed by atoms with Crippen LogP contribution in [0.25, 0.3) is 0 Å². The van der Waals surface area contributed by atoms with Crippen LogP contribution in [0.4, 0.5) is 13.2 Å². The molecule has 86 valence electrons. The van der Waals surface area contributed by atoms with E-state index in [0.717, 1.165) is 6.07 Å². The van der Waals surface area contributed by atoms with Crippen LogP contribution in [-0.2, 0) is 11.0 Å². The molecule has 1 saturated heterocycles. The number of carbonyl (C=O) groups excluding carboxylic acids is 1. The monoisotopic (exact) mass is 229 g/mol. The first-order chi connectivity index (χ1) is 7.48. The Morgan fingerprint density at radius 3 is 2.50 bits per heavy atom. The van der Waals surface area contributed by atoms with Gasteiger partial charge < -0.3 is 5.32 Å². The predicted molar refractivity (Wildman–Crippen MR) is 51.8 cm³/mol. The Morgan fingerprint density at radius 1 is 1.25 bits per heavy atom. The van der Waals surface area contributed by atoms with Gasteiger partial charge in [-0.3, -0.25) is 4.79 Å². The topological polar surface area (TPSA) is 29.1 Å². The van der Waals surface area contributed by atoms with Gasteiger partial charge in [0.15, 0.2) is 0 Å². The molecule has 1 aromatic carbocycles. The lowest BCUT2D eigenvalue weighted by atomic mass is 9.93. The maximum atomic E-state index is 12.7. The Balaban J connectivity index is 2.37. The first-order valence-corrected chi connectivity index (χ1v) is 4.91. The number of benzene rings is 1. The summed E-state index contributed by atoms with van der Waals surface area (Å²) < 4.78 is 38.1. The van der Waals surface area contributed by atoms with E-state index < -0.39 is 11.7 Å². The van der Waals surface area contributed by atoms with Gasteiger partial charge in [0.25, 0.3) is 0 Å². The molecular weight excluding hydrogens is 219 g/mol. The van der Waals surface area contributed by atoms with Crippen LogP contribution in [0.5, 0.6) is 0 Å². The smallest absolute Gasteiger partial charge is 0.355 e. The van der Waals surface area contributed by atoms with Crippen molar-refractivity contribution in [3.63, 3.8) is 0 Å². The lowest BCUT2D eigenvalue weighted by Crippen LogP contribution is -2.15. The van der Waals surface area contributed by atoms with Crippen molar-refractivity contribution in [1.82, 2.24) is 5.32 Å². The van der Waals surface area contributed by atoms with E-state index in [1.807, 2.05) is 0 Å². The van der Waals surface area contributed by atoms with Gasteiger partial charge in [0.1, 0.15) is 0 Å². The molecule has 1 N–H and O–H groups in total. The van der Waals surface area contributed by atoms with Gasteiger partial charge in [0.2, 0.25) is 5.91 Å². The summed E-state index contributed by atoms with van der Waals surface area (Å²) in [6.45, 7) is 0.284. The van der Waals surface area contributed by atoms with Gasteiger partial charge in [0.05, 0.1) is 5.56 Å². The van der Waals surface area contributed by atoms with E-state index in [1.54, 1.807) is 6.07 Å². The minimum Gasteiger partial charge on any atom is -0.355 e. The van der Waals surface area contributed by atoms with E-state index in [9.17, 15) is 18.0 Å². The van der Waals surface area contributed by atoms with Crippen LogP contribution in [0.1, 0.15) is 23.5 Å². The summed E-state index contributed by atoms with van der Waals surface area (Å²) in [5, 5.41) is 2.54. The van der Waals surface area contributed by atoms with Gasteiger partial charge in [-0.2, -0.15) is 13.2 Å². The highest BCUT2D eigenvalue weighted by Crippen LogP contribution is 2.36. The Morgan fingerprint density at radius 2 is 1.94 bits per heavy atom. The predicted octanol–water partition coefficient (Wildman–Crippen LogP) is 2.31. The molecule has 1 heterocycles. The summed E-state index contributed by atoms with van der Waals surface area (Å²) in [6, 6.07) is 5.41. The first-order valence-electron chi connectivity index (χ1n) is 4.91. The molecule has 0 radical (unpaired) electrons. The summed E-state index contributed by atoms with van der Waals surface area (Å²) in [4.78, 5) is 11.0. The highest BCUT2D eigenvalue weighted by Gasteiger charge is 2.36. The average molecular weight is 229 g/mol. The molecule has 1 atom stereocenters. The fourth-order valence-electron chi connectivity index (χ4n) is 1.94. The minimum absolute atomic E-state index is 0.132. The van der Waals surface area contributed by atoms with Gasteiger partial charge in [-0.25, -0.2) is 0 Å². The number of rotatable bonds is 1. The van der Waals surface area contributed by atoms with Crippen molar-refractivity contribution in [2.24, 2.45) is 0 Å². The van der Waals surface area contributed by atoms with Crippen molar-refractivity contribution in [1.29, 1.82) is 0 Å². The Kier molecular flexibility index (Phi) is 2.61. The summed E-state index contributed by atoms with van der Waals surface area (Å²) in [7, 11) is 0. The molecule has 0 saturated carbocycles. The molecule has 1 aromatic rings. The molecule has 0 bridgehead atoms. The van der Waals surface area contributed by atoms with Crippen LogP contribution in [-0.4, -0.2) is 12.5 Å². The van der Waals surface area contributed by atoms with Crippen LogP contribution in [0.15, 0.2) is 24.3 Å². The normalized spacial score (nSPS) is 20.9. The third-order valence-corrected chi connectivity index (χ3v) is 2.68. The molecule has 0 aliphatic carbocycles. The van der Waals surface area contributed by atoms with Crippen LogP contribution >= 0.6 is 0 Å². The molecule has 1 aliphatic heterocycles. The molecule has 1 aliphatic rings. The zero-order chi connectivity index (χ0) is 11.8. The maximum Gasteiger partial charge on any atom is 0.416 e. The van der Waals surface area contributed by atoms with Crippen molar-refractivity contribution in [2.45, 2.75) is 18.5 Å². The van der Waals surface area contributed by atoms with E-state index in [4.69, 9.17) is 0 Å². The highest BCUT2D eigenvalue weighted by molar-refractivity contribution is 5.79. The van der Waals surface area contributed by atoms with Gasteiger partial charge in [0, 0.05) is 18.9 Å². The Labute approximate surface area is 90.5 Å². The lowest BCUT2D eigenvalue weighted by Gasteiger charge is -2.16. The molecule has 0 aromatic heterocycles. The molecule has 1 amide bonds. The van der Waals surface area contributed by atoms with Gasteiger partial charge in [-0.05, 0) is 11.6 Å². The van der Waals surface area contributed by atoms with E-state index in [2.05, 4.69) is 5.32 Å². The number of halogens is 3. The second kappa shape index (κ2) is 3.81. The second-order valence-corrected chi connectivity index (χ2v) is 3.79. The standard InChI is InChI=1S/C11H10F3NO/c12-11(13,14)9-4-2-1-3-8(9)7-5-10(16)15-6-7/h1-4,7H,5-6H2,(H,15,16)/t7-/m0/s1. The van der Waals surface area contributed by atoms with Gasteiger partial charge in [-0.1, -0.05) is 18.2 Å². The van der Waals surface area contributed by atoms with E-state index in [0.29, 0.717) is 0 Å². The maximum absolute atomic E-state index is 12.7. The van der Waals surface area contributed by atoms with Crippen molar-refractivity contribution >= 4 is 5.91 Å². The molecule has 2 nitrogen and oxygen atoms in total. The van der Waals surface area contributed by atoms with Crippen molar-refractivity contribution in [2.75, 3.05) is 6.54 Å². The summed E-state index contributed by atoms with van der Waals surface area (Å²) in [5.41, 5.74) is -0.440. The van der Waals surface area contributed by atoms with Crippen LogP contribution in [0.2, 0.25) is 0 Å². The summed E-state index contributed by atoms with van der Waals surface area (Å²) in [5.74, 6) is -0.563. The molecule has 0 spiro atoms. The number of nitrogens with one attached hydrogen (secondary N) is 1. The quantitative estimate of drug-likeness (QED) is 0.786. The molecule has 16 heavy (non-hydrogen) atoms. The third-order valence-electron chi connectivity index (χ3n) is 2.68. The first kappa shape index (κ1) is 11.0. The van der Waals surface area contributed by atoms with Crippen LogP contribution in [0, 0.1) is 0 Å². The average Bonchev–Trinajstić information content (AvgIpc) is 2.64. The molecule has 5 heteroatoms. The van der Waals surface area contributed by atoms with Crippen molar-refractivity contribution in [3.05, 3.63) is 35.4 Å². The number of hydrogen-bond acceptors (Lipinski definition) is 1. The van der Waals surface area contributed by atoms with Gasteiger partial charge >= 0.3 is 6.18 Å². The number of amides is 1. The Hall–Kier alpha value is -1.52. The molecule has 1 fully saturated rings. The number of alkyl halides is 3. The zero-order valence-electron chi connectivity index (χ0n) is 8.34. The molecule has 2 rings (SSSR count). The fraction of sp³-hybridized carbons (Fsp3) is 0.364. The minimum atomic E-state index is -4.36. The van der Waals surface area contributed by atoms with E-state index >= 15 is 0 Å².